The predicted octanol–water partition coefficient (Wildman–Crippen LogP) is 9.63. The average molecular weight is 542 g/mol. The quantitative estimate of drug-likeness (QED) is 0.223. The fourth-order valence-corrected chi connectivity index (χ4v) is 6.17. The van der Waals surface area contributed by atoms with Gasteiger partial charge in [-0.3, -0.25) is 0 Å². The summed E-state index contributed by atoms with van der Waals surface area (Å²) in [6.07, 6.45) is 6.29. The molecule has 0 fully saturated rings. The van der Waals surface area contributed by atoms with Gasteiger partial charge in [0.05, 0.1) is 0 Å². The third-order valence-electron chi connectivity index (χ3n) is 8.18. The minimum absolute atomic E-state index is 0.598. The summed E-state index contributed by atoms with van der Waals surface area (Å²) in [6.45, 7) is 0. The SMILES string of the molecule is C1=Cc2c(oc3cc(-c4nc(-c5ccccc5)nc(-c5cccc6oc7c8ccccc8ccc7c56)n4)ccc23)CC1. The van der Waals surface area contributed by atoms with Gasteiger partial charge in [0.1, 0.15) is 22.5 Å². The Bertz CT molecular complexity index is 2360. The Labute approximate surface area is 240 Å². The molecular formula is C37H23N3O2. The van der Waals surface area contributed by atoms with Crippen LogP contribution in [-0.2, 0) is 6.42 Å². The smallest absolute Gasteiger partial charge is 0.164 e. The number of benzene rings is 5. The molecule has 5 heteroatoms. The third kappa shape index (κ3) is 3.53. The Morgan fingerprint density at radius 3 is 2.31 bits per heavy atom. The Morgan fingerprint density at radius 1 is 0.571 bits per heavy atom. The van der Waals surface area contributed by atoms with E-state index < -0.39 is 0 Å². The molecule has 9 rings (SSSR count). The van der Waals surface area contributed by atoms with Crippen LogP contribution in [0.15, 0.2) is 118 Å². The first-order valence-corrected chi connectivity index (χ1v) is 14.2. The largest absolute Gasteiger partial charge is 0.460 e. The van der Waals surface area contributed by atoms with E-state index in [9.17, 15) is 0 Å². The van der Waals surface area contributed by atoms with Gasteiger partial charge in [-0.05, 0) is 36.1 Å². The van der Waals surface area contributed by atoms with Crippen LogP contribution in [0.4, 0.5) is 0 Å². The maximum Gasteiger partial charge on any atom is 0.164 e. The second kappa shape index (κ2) is 8.98. The summed E-state index contributed by atoms with van der Waals surface area (Å²) >= 11 is 0. The molecular weight excluding hydrogens is 518 g/mol. The summed E-state index contributed by atoms with van der Waals surface area (Å²) in [5.74, 6) is 2.85. The van der Waals surface area contributed by atoms with Crippen molar-refractivity contribution < 1.29 is 8.83 Å². The van der Waals surface area contributed by atoms with Crippen LogP contribution in [0.1, 0.15) is 17.7 Å². The Balaban J connectivity index is 1.29. The second-order valence-corrected chi connectivity index (χ2v) is 10.7. The molecule has 0 saturated carbocycles. The molecule has 3 heterocycles. The maximum absolute atomic E-state index is 6.46. The Kier molecular flexibility index (Phi) is 4.96. The van der Waals surface area contributed by atoms with Crippen LogP contribution >= 0.6 is 0 Å². The van der Waals surface area contributed by atoms with Crippen LogP contribution in [0.25, 0.3) is 83.9 Å². The van der Waals surface area contributed by atoms with Crippen molar-refractivity contribution in [3.63, 3.8) is 0 Å². The first kappa shape index (κ1) is 23.2. The van der Waals surface area contributed by atoms with Crippen LogP contribution in [-0.4, -0.2) is 15.0 Å². The molecule has 0 N–H and O–H groups in total. The van der Waals surface area contributed by atoms with Crippen LogP contribution in [0, 0.1) is 0 Å². The molecule has 42 heavy (non-hydrogen) atoms. The van der Waals surface area contributed by atoms with E-state index in [-0.39, 0.29) is 0 Å². The van der Waals surface area contributed by atoms with Gasteiger partial charge in [0.15, 0.2) is 17.5 Å². The zero-order valence-electron chi connectivity index (χ0n) is 22.5. The van der Waals surface area contributed by atoms with Gasteiger partial charge in [0.2, 0.25) is 0 Å². The number of aryl methyl sites for hydroxylation is 1. The molecule has 0 saturated heterocycles. The maximum atomic E-state index is 6.46. The van der Waals surface area contributed by atoms with Gasteiger partial charge in [0, 0.05) is 50.2 Å². The highest BCUT2D eigenvalue weighted by molar-refractivity contribution is 6.18. The molecule has 3 aromatic heterocycles. The Hall–Kier alpha value is -5.55. The van der Waals surface area contributed by atoms with E-state index >= 15 is 0 Å². The summed E-state index contributed by atoms with van der Waals surface area (Å²) in [6, 6.07) is 35.0. The summed E-state index contributed by atoms with van der Waals surface area (Å²) in [4.78, 5) is 15.0. The van der Waals surface area contributed by atoms with E-state index in [1.54, 1.807) is 0 Å². The molecule has 0 amide bonds. The lowest BCUT2D eigenvalue weighted by Gasteiger charge is -2.09. The third-order valence-corrected chi connectivity index (χ3v) is 8.18. The van der Waals surface area contributed by atoms with E-state index in [4.69, 9.17) is 23.8 Å². The van der Waals surface area contributed by atoms with Gasteiger partial charge >= 0.3 is 0 Å². The molecule has 0 radical (unpaired) electrons. The standard InChI is InChI=1S/C37H23N3O2/c1-2-10-23(11-3-1)35-38-36(24-18-19-27-26-13-6-7-15-30(26)41-32(27)21-24)40-37(39-35)29-14-8-16-31-33(29)28-20-17-22-9-4-5-12-25(22)34(28)42-31/h1-6,8-14,16-21H,7,15H2. The Morgan fingerprint density at radius 2 is 1.38 bits per heavy atom. The molecule has 1 aliphatic rings. The van der Waals surface area contributed by atoms with E-state index in [0.29, 0.717) is 17.5 Å². The van der Waals surface area contributed by atoms with Crippen LogP contribution in [0.3, 0.4) is 0 Å². The molecule has 198 valence electrons. The number of aromatic nitrogens is 3. The highest BCUT2D eigenvalue weighted by Crippen LogP contribution is 2.39. The van der Waals surface area contributed by atoms with Gasteiger partial charge in [-0.2, -0.15) is 0 Å². The molecule has 8 aromatic rings. The summed E-state index contributed by atoms with van der Waals surface area (Å²) < 4.78 is 12.7. The molecule has 0 spiro atoms. The van der Waals surface area contributed by atoms with Gasteiger partial charge in [-0.15, -0.1) is 0 Å². The lowest BCUT2D eigenvalue weighted by molar-refractivity contribution is 0.546. The van der Waals surface area contributed by atoms with E-state index in [1.165, 1.54) is 5.56 Å². The van der Waals surface area contributed by atoms with Gasteiger partial charge in [-0.25, -0.2) is 15.0 Å². The van der Waals surface area contributed by atoms with Crippen molar-refractivity contribution in [1.29, 1.82) is 0 Å². The topological polar surface area (TPSA) is 65.0 Å². The van der Waals surface area contributed by atoms with Crippen molar-refractivity contribution in [1.82, 2.24) is 15.0 Å². The molecule has 0 bridgehead atoms. The summed E-state index contributed by atoms with van der Waals surface area (Å²) in [5.41, 5.74) is 6.41. The molecule has 0 atom stereocenters. The monoisotopic (exact) mass is 541 g/mol. The zero-order valence-corrected chi connectivity index (χ0v) is 22.5. The highest BCUT2D eigenvalue weighted by Gasteiger charge is 2.20. The van der Waals surface area contributed by atoms with Crippen molar-refractivity contribution in [2.45, 2.75) is 12.8 Å². The van der Waals surface area contributed by atoms with Crippen molar-refractivity contribution in [2.75, 3.05) is 0 Å². The molecule has 5 nitrogen and oxygen atoms in total. The van der Waals surface area contributed by atoms with Gasteiger partial charge in [-0.1, -0.05) is 91.0 Å². The second-order valence-electron chi connectivity index (χ2n) is 10.7. The van der Waals surface area contributed by atoms with E-state index in [0.717, 1.165) is 79.0 Å². The fourth-order valence-electron chi connectivity index (χ4n) is 6.17. The summed E-state index contributed by atoms with van der Waals surface area (Å²) in [5, 5.41) is 5.38. The minimum Gasteiger partial charge on any atom is -0.460 e. The molecule has 0 aliphatic heterocycles. The van der Waals surface area contributed by atoms with Gasteiger partial charge in [0.25, 0.3) is 0 Å². The fraction of sp³-hybridized carbons (Fsp3) is 0.0541. The molecule has 0 unspecified atom stereocenters. The number of furan rings is 2. The minimum atomic E-state index is 0.598. The van der Waals surface area contributed by atoms with Crippen molar-refractivity contribution >= 4 is 49.8 Å². The first-order chi connectivity index (χ1) is 20.8. The van der Waals surface area contributed by atoms with Crippen LogP contribution in [0.2, 0.25) is 0 Å². The number of fused-ring (bicyclic) bond motifs is 8. The average Bonchev–Trinajstić information content (AvgIpc) is 3.63. The molecule has 5 aromatic carbocycles. The number of hydrogen-bond donors (Lipinski definition) is 0. The summed E-state index contributed by atoms with van der Waals surface area (Å²) in [7, 11) is 0. The van der Waals surface area contributed by atoms with E-state index in [1.807, 2.05) is 54.6 Å². The lowest BCUT2D eigenvalue weighted by atomic mass is 10.0. The predicted molar refractivity (Wildman–Crippen MR) is 168 cm³/mol. The van der Waals surface area contributed by atoms with E-state index in [2.05, 4.69) is 60.7 Å². The van der Waals surface area contributed by atoms with Crippen LogP contribution < -0.4 is 0 Å². The number of rotatable bonds is 3. The number of allylic oxidation sites excluding steroid dienone is 1. The van der Waals surface area contributed by atoms with Gasteiger partial charge < -0.3 is 8.83 Å². The van der Waals surface area contributed by atoms with Crippen LogP contribution in [0.5, 0.6) is 0 Å². The normalized spacial score (nSPS) is 13.0. The number of nitrogens with zero attached hydrogens (tertiary/aromatic N) is 3. The van der Waals surface area contributed by atoms with Crippen molar-refractivity contribution in [3.05, 3.63) is 121 Å². The molecule has 1 aliphatic carbocycles. The zero-order chi connectivity index (χ0) is 27.6. The highest BCUT2D eigenvalue weighted by atomic mass is 16.3. The lowest BCUT2D eigenvalue weighted by Crippen LogP contribution is -2.00. The number of hydrogen-bond acceptors (Lipinski definition) is 5. The van der Waals surface area contributed by atoms with Crippen molar-refractivity contribution in [2.24, 2.45) is 0 Å². The first-order valence-electron chi connectivity index (χ1n) is 14.2. The van der Waals surface area contributed by atoms with Crippen molar-refractivity contribution in [3.8, 4) is 34.2 Å².